The molecule has 0 aromatic heterocycles. The zero-order chi connectivity index (χ0) is 14.2. The molecule has 1 saturated heterocycles. The molecule has 1 N–H and O–H groups in total. The van der Waals surface area contributed by atoms with Gasteiger partial charge in [-0.1, -0.05) is 20.3 Å². The molecule has 2 rings (SSSR count). The highest BCUT2D eigenvalue weighted by Crippen LogP contribution is 2.44. The van der Waals surface area contributed by atoms with Gasteiger partial charge in [0.05, 0.1) is 5.92 Å². The van der Waals surface area contributed by atoms with Gasteiger partial charge in [-0.2, -0.15) is 0 Å². The van der Waals surface area contributed by atoms with Gasteiger partial charge in [-0.05, 0) is 38.0 Å². The predicted molar refractivity (Wildman–Crippen MR) is 72.7 cm³/mol. The van der Waals surface area contributed by atoms with E-state index in [1.165, 1.54) is 0 Å². The Hall–Kier alpha value is -1.06. The van der Waals surface area contributed by atoms with E-state index in [4.69, 9.17) is 5.11 Å². The maximum Gasteiger partial charge on any atom is 0.306 e. The molecule has 1 heterocycles. The van der Waals surface area contributed by atoms with Gasteiger partial charge in [0.25, 0.3) is 0 Å². The highest BCUT2D eigenvalue weighted by molar-refractivity contribution is 5.81. The largest absolute Gasteiger partial charge is 0.481 e. The fourth-order valence-electron chi connectivity index (χ4n) is 3.71. The molecule has 2 aliphatic rings. The van der Waals surface area contributed by atoms with Gasteiger partial charge in [-0.3, -0.25) is 9.59 Å². The van der Waals surface area contributed by atoms with Crippen molar-refractivity contribution in [1.29, 1.82) is 0 Å². The molecule has 1 saturated carbocycles. The number of carbonyl (C=O) groups is 2. The lowest BCUT2D eigenvalue weighted by Crippen LogP contribution is -2.49. The summed E-state index contributed by atoms with van der Waals surface area (Å²) in [6, 6.07) is 0.0544. The van der Waals surface area contributed by atoms with Gasteiger partial charge in [0.1, 0.15) is 0 Å². The van der Waals surface area contributed by atoms with Crippen LogP contribution >= 0.6 is 0 Å². The van der Waals surface area contributed by atoms with Crippen molar-refractivity contribution in [2.75, 3.05) is 6.54 Å². The number of piperidine rings is 1. The lowest BCUT2D eigenvalue weighted by molar-refractivity contribution is -0.150. The second kappa shape index (κ2) is 5.14. The number of carboxylic acid groups (broad SMARTS) is 1. The molecule has 0 bridgehead atoms. The Morgan fingerprint density at radius 1 is 1.26 bits per heavy atom. The van der Waals surface area contributed by atoms with Crippen LogP contribution in [0.5, 0.6) is 0 Å². The first-order valence-corrected chi connectivity index (χ1v) is 7.36. The molecule has 4 heteroatoms. The number of nitrogens with zero attached hydrogens (tertiary/aromatic N) is 1. The van der Waals surface area contributed by atoms with E-state index in [1.807, 2.05) is 11.8 Å². The predicted octanol–water partition coefficient (Wildman–Crippen LogP) is 2.52. The van der Waals surface area contributed by atoms with Crippen LogP contribution in [-0.2, 0) is 9.59 Å². The van der Waals surface area contributed by atoms with E-state index < -0.39 is 5.97 Å². The van der Waals surface area contributed by atoms with Crippen LogP contribution in [-0.4, -0.2) is 34.5 Å². The van der Waals surface area contributed by atoms with Crippen LogP contribution in [0.1, 0.15) is 52.9 Å². The van der Waals surface area contributed by atoms with Gasteiger partial charge in [0.2, 0.25) is 5.91 Å². The molecule has 3 unspecified atom stereocenters. The SMILES string of the molecule is CC1CC(C(=O)O)CCN1C(=O)C1CCCC1(C)C. The zero-order valence-electron chi connectivity index (χ0n) is 12.2. The topological polar surface area (TPSA) is 57.6 Å². The van der Waals surface area contributed by atoms with Crippen LogP contribution in [0.2, 0.25) is 0 Å². The third-order valence-corrected chi connectivity index (χ3v) is 5.06. The molecule has 0 radical (unpaired) electrons. The fraction of sp³-hybridized carbons (Fsp3) is 0.867. The first-order valence-electron chi connectivity index (χ1n) is 7.36. The number of rotatable bonds is 2. The number of hydrogen-bond acceptors (Lipinski definition) is 2. The third-order valence-electron chi connectivity index (χ3n) is 5.06. The van der Waals surface area contributed by atoms with Crippen LogP contribution < -0.4 is 0 Å². The van der Waals surface area contributed by atoms with E-state index in [2.05, 4.69) is 13.8 Å². The monoisotopic (exact) mass is 267 g/mol. The van der Waals surface area contributed by atoms with Gasteiger partial charge in [0, 0.05) is 18.5 Å². The maximum absolute atomic E-state index is 12.7. The summed E-state index contributed by atoms with van der Waals surface area (Å²) in [4.78, 5) is 25.6. The molecule has 2 fully saturated rings. The lowest BCUT2D eigenvalue weighted by atomic mass is 9.80. The molecule has 19 heavy (non-hydrogen) atoms. The molecule has 0 aromatic carbocycles. The number of aliphatic carboxylic acids is 1. The number of hydrogen-bond donors (Lipinski definition) is 1. The first kappa shape index (κ1) is 14.4. The average molecular weight is 267 g/mol. The second-order valence-corrected chi connectivity index (χ2v) is 6.87. The van der Waals surface area contributed by atoms with Gasteiger partial charge in [-0.25, -0.2) is 0 Å². The van der Waals surface area contributed by atoms with E-state index in [-0.39, 0.29) is 29.2 Å². The lowest BCUT2D eigenvalue weighted by Gasteiger charge is -2.40. The highest BCUT2D eigenvalue weighted by atomic mass is 16.4. The Kier molecular flexibility index (Phi) is 3.88. The van der Waals surface area contributed by atoms with Crippen LogP contribution in [0.25, 0.3) is 0 Å². The van der Waals surface area contributed by atoms with Crippen LogP contribution in [0.15, 0.2) is 0 Å². The average Bonchev–Trinajstić information content (AvgIpc) is 2.67. The summed E-state index contributed by atoms with van der Waals surface area (Å²) in [6.07, 6.45) is 4.41. The summed E-state index contributed by atoms with van der Waals surface area (Å²) >= 11 is 0. The second-order valence-electron chi connectivity index (χ2n) is 6.87. The Morgan fingerprint density at radius 2 is 1.95 bits per heavy atom. The summed E-state index contributed by atoms with van der Waals surface area (Å²) in [5.74, 6) is -0.633. The van der Waals surface area contributed by atoms with Crippen molar-refractivity contribution in [3.05, 3.63) is 0 Å². The van der Waals surface area contributed by atoms with Crippen molar-refractivity contribution in [3.63, 3.8) is 0 Å². The molecule has 3 atom stereocenters. The number of amides is 1. The summed E-state index contributed by atoms with van der Waals surface area (Å²) < 4.78 is 0. The number of carbonyl (C=O) groups excluding carboxylic acids is 1. The summed E-state index contributed by atoms with van der Waals surface area (Å²) in [5.41, 5.74) is 0.0977. The van der Waals surface area contributed by atoms with Crippen molar-refractivity contribution < 1.29 is 14.7 Å². The molecule has 0 aromatic rings. The van der Waals surface area contributed by atoms with Gasteiger partial charge >= 0.3 is 5.97 Å². The zero-order valence-corrected chi connectivity index (χ0v) is 12.2. The smallest absolute Gasteiger partial charge is 0.306 e. The van der Waals surface area contributed by atoms with E-state index in [0.29, 0.717) is 19.4 Å². The molecule has 108 valence electrons. The fourth-order valence-corrected chi connectivity index (χ4v) is 3.71. The Balaban J connectivity index is 2.03. The summed E-state index contributed by atoms with van der Waals surface area (Å²) in [6.45, 7) is 6.94. The van der Waals surface area contributed by atoms with E-state index in [1.54, 1.807) is 0 Å². The van der Waals surface area contributed by atoms with Gasteiger partial charge < -0.3 is 10.0 Å². The summed E-state index contributed by atoms with van der Waals surface area (Å²) in [5, 5.41) is 9.07. The molecule has 1 aliphatic heterocycles. The normalized spacial score (nSPS) is 34.3. The molecule has 0 spiro atoms. The van der Waals surface area contributed by atoms with Crippen LogP contribution in [0, 0.1) is 17.3 Å². The highest BCUT2D eigenvalue weighted by Gasteiger charge is 2.43. The summed E-state index contributed by atoms with van der Waals surface area (Å²) in [7, 11) is 0. The standard InChI is InChI=1S/C15H25NO3/c1-10-9-11(14(18)19)6-8-16(10)13(17)12-5-4-7-15(12,2)3/h10-12H,4-9H2,1-3H3,(H,18,19). The molecular weight excluding hydrogens is 242 g/mol. The third kappa shape index (κ3) is 2.77. The van der Waals surface area contributed by atoms with Crippen molar-refractivity contribution in [2.45, 2.75) is 58.9 Å². The van der Waals surface area contributed by atoms with Gasteiger partial charge in [0.15, 0.2) is 0 Å². The molecule has 1 aliphatic carbocycles. The first-order chi connectivity index (χ1) is 8.83. The van der Waals surface area contributed by atoms with Crippen LogP contribution in [0.3, 0.4) is 0 Å². The van der Waals surface area contributed by atoms with Crippen molar-refractivity contribution in [2.24, 2.45) is 17.3 Å². The van der Waals surface area contributed by atoms with E-state index >= 15 is 0 Å². The Bertz CT molecular complexity index is 378. The van der Waals surface area contributed by atoms with Crippen molar-refractivity contribution in [1.82, 2.24) is 4.90 Å². The van der Waals surface area contributed by atoms with E-state index in [9.17, 15) is 9.59 Å². The minimum Gasteiger partial charge on any atom is -0.481 e. The maximum atomic E-state index is 12.7. The molecule has 1 amide bonds. The van der Waals surface area contributed by atoms with E-state index in [0.717, 1.165) is 19.3 Å². The number of carboxylic acids is 1. The molecule has 4 nitrogen and oxygen atoms in total. The van der Waals surface area contributed by atoms with Gasteiger partial charge in [-0.15, -0.1) is 0 Å². The van der Waals surface area contributed by atoms with Crippen molar-refractivity contribution >= 4 is 11.9 Å². The molecular formula is C15H25NO3. The van der Waals surface area contributed by atoms with Crippen molar-refractivity contribution in [3.8, 4) is 0 Å². The number of likely N-dealkylation sites (tertiary alicyclic amines) is 1. The Morgan fingerprint density at radius 3 is 2.42 bits per heavy atom. The quantitative estimate of drug-likeness (QED) is 0.836. The minimum absolute atomic E-state index is 0.0544. The minimum atomic E-state index is -0.722. The van der Waals surface area contributed by atoms with Crippen LogP contribution in [0.4, 0.5) is 0 Å². The Labute approximate surface area is 115 Å².